The van der Waals surface area contributed by atoms with Crippen molar-refractivity contribution in [2.45, 2.75) is 37.5 Å². The van der Waals surface area contributed by atoms with Crippen LogP contribution in [0.25, 0.3) is 11.4 Å². The van der Waals surface area contributed by atoms with Gasteiger partial charge in [-0.05, 0) is 29.9 Å². The average Bonchev–Trinajstić information content (AvgIpc) is 3.43. The van der Waals surface area contributed by atoms with Crippen molar-refractivity contribution in [3.05, 3.63) is 58.0 Å². The summed E-state index contributed by atoms with van der Waals surface area (Å²) in [5, 5.41) is 11.3. The molecule has 0 saturated heterocycles. The summed E-state index contributed by atoms with van der Waals surface area (Å²) in [6.07, 6.45) is 4.59. The SMILES string of the molecule is Cn1c(-c2ccc(CCOC(N)=O)cc2)nnc1C1(c2cccs2)CCCC1. The Morgan fingerprint density at radius 3 is 2.61 bits per heavy atom. The monoisotopic (exact) mass is 396 g/mol. The first-order valence-electron chi connectivity index (χ1n) is 9.55. The van der Waals surface area contributed by atoms with Crippen molar-refractivity contribution in [3.63, 3.8) is 0 Å². The number of rotatable bonds is 6. The third kappa shape index (κ3) is 3.42. The highest BCUT2D eigenvalue weighted by atomic mass is 32.1. The fourth-order valence-electron chi connectivity index (χ4n) is 4.20. The van der Waals surface area contributed by atoms with Gasteiger partial charge >= 0.3 is 6.09 Å². The smallest absolute Gasteiger partial charge is 0.404 e. The number of carbonyl (C=O) groups is 1. The van der Waals surface area contributed by atoms with Crippen LogP contribution in [0.3, 0.4) is 0 Å². The zero-order valence-electron chi connectivity index (χ0n) is 15.9. The van der Waals surface area contributed by atoms with Gasteiger partial charge in [-0.2, -0.15) is 0 Å². The summed E-state index contributed by atoms with van der Waals surface area (Å²) in [4.78, 5) is 12.1. The van der Waals surface area contributed by atoms with Crippen molar-refractivity contribution >= 4 is 17.4 Å². The van der Waals surface area contributed by atoms with Gasteiger partial charge in [-0.25, -0.2) is 4.79 Å². The lowest BCUT2D eigenvalue weighted by Gasteiger charge is -2.26. The maximum atomic E-state index is 10.7. The molecule has 0 spiro atoms. The minimum atomic E-state index is -0.741. The minimum Gasteiger partial charge on any atom is -0.449 e. The van der Waals surface area contributed by atoms with Gasteiger partial charge in [-0.3, -0.25) is 0 Å². The van der Waals surface area contributed by atoms with Crippen molar-refractivity contribution in [1.29, 1.82) is 0 Å². The van der Waals surface area contributed by atoms with Gasteiger partial charge in [0.05, 0.1) is 12.0 Å². The van der Waals surface area contributed by atoms with Crippen molar-refractivity contribution in [1.82, 2.24) is 14.8 Å². The van der Waals surface area contributed by atoms with E-state index in [0.29, 0.717) is 6.42 Å². The van der Waals surface area contributed by atoms with E-state index in [-0.39, 0.29) is 12.0 Å². The lowest BCUT2D eigenvalue weighted by Crippen LogP contribution is -2.26. The summed E-state index contributed by atoms with van der Waals surface area (Å²) in [5.74, 6) is 1.93. The zero-order chi connectivity index (χ0) is 19.6. The molecule has 2 N–H and O–H groups in total. The highest BCUT2D eigenvalue weighted by Crippen LogP contribution is 2.47. The van der Waals surface area contributed by atoms with Crippen LogP contribution in [0.1, 0.15) is 41.9 Å². The molecule has 146 valence electrons. The first kappa shape index (κ1) is 18.7. The number of thiophene rings is 1. The Hall–Kier alpha value is -2.67. The predicted molar refractivity (Wildman–Crippen MR) is 109 cm³/mol. The van der Waals surface area contributed by atoms with Crippen molar-refractivity contribution in [3.8, 4) is 11.4 Å². The Morgan fingerprint density at radius 1 is 1.21 bits per heavy atom. The number of aromatic nitrogens is 3. The van der Waals surface area contributed by atoms with Gasteiger partial charge in [-0.15, -0.1) is 21.5 Å². The third-order valence-electron chi connectivity index (χ3n) is 5.60. The van der Waals surface area contributed by atoms with Gasteiger partial charge in [0.2, 0.25) is 0 Å². The number of nitrogens with zero attached hydrogens (tertiary/aromatic N) is 3. The van der Waals surface area contributed by atoms with Crippen molar-refractivity contribution in [2.24, 2.45) is 12.8 Å². The second-order valence-corrected chi connectivity index (χ2v) is 8.23. The number of ether oxygens (including phenoxy) is 1. The molecule has 28 heavy (non-hydrogen) atoms. The maximum absolute atomic E-state index is 10.7. The Kier molecular flexibility index (Phi) is 5.17. The van der Waals surface area contributed by atoms with Crippen molar-refractivity contribution < 1.29 is 9.53 Å². The summed E-state index contributed by atoms with van der Waals surface area (Å²) in [6, 6.07) is 12.5. The van der Waals surface area contributed by atoms with Gasteiger partial charge in [0.15, 0.2) is 5.82 Å². The Morgan fingerprint density at radius 2 is 1.96 bits per heavy atom. The zero-order valence-corrected chi connectivity index (χ0v) is 16.7. The van der Waals surface area contributed by atoms with E-state index in [2.05, 4.69) is 39.3 Å². The minimum absolute atomic E-state index is 0.0137. The topological polar surface area (TPSA) is 83.0 Å². The molecule has 1 amide bonds. The van der Waals surface area contributed by atoms with Crippen LogP contribution < -0.4 is 5.73 Å². The van der Waals surface area contributed by atoms with Crippen LogP contribution in [0.5, 0.6) is 0 Å². The molecular formula is C21H24N4O2S. The standard InChI is InChI=1S/C21H24N4O2S/c1-25-18(16-8-6-15(7-9-16)10-13-27-20(22)26)23-24-19(25)21(11-2-3-12-21)17-5-4-14-28-17/h4-9,14H,2-3,10-13H2,1H3,(H2,22,26). The quantitative estimate of drug-likeness (QED) is 0.681. The van der Waals surface area contributed by atoms with E-state index in [0.717, 1.165) is 35.6 Å². The molecule has 1 saturated carbocycles. The molecule has 2 heterocycles. The second-order valence-electron chi connectivity index (χ2n) is 7.29. The van der Waals surface area contributed by atoms with E-state index in [1.165, 1.54) is 17.7 Å². The molecule has 1 aromatic carbocycles. The van der Waals surface area contributed by atoms with Crippen molar-refractivity contribution in [2.75, 3.05) is 6.61 Å². The maximum Gasteiger partial charge on any atom is 0.404 e. The molecule has 0 aliphatic heterocycles. The molecule has 0 atom stereocenters. The van der Waals surface area contributed by atoms with Crippen LogP contribution in [-0.2, 0) is 23.6 Å². The van der Waals surface area contributed by atoms with Crippen LogP contribution >= 0.6 is 11.3 Å². The molecule has 4 rings (SSSR count). The number of amides is 1. The first-order chi connectivity index (χ1) is 13.6. The third-order valence-corrected chi connectivity index (χ3v) is 6.67. The van der Waals surface area contributed by atoms with Crippen LogP contribution in [0.2, 0.25) is 0 Å². The number of benzene rings is 1. The van der Waals surface area contributed by atoms with Gasteiger partial charge in [0, 0.05) is 23.9 Å². The summed E-state index contributed by atoms with van der Waals surface area (Å²) in [6.45, 7) is 0.284. The van der Waals surface area contributed by atoms with Gasteiger partial charge in [0.25, 0.3) is 0 Å². The fourth-order valence-corrected chi connectivity index (χ4v) is 5.18. The van der Waals surface area contributed by atoms with E-state index < -0.39 is 6.09 Å². The normalized spacial score (nSPS) is 15.6. The second kappa shape index (κ2) is 7.75. The summed E-state index contributed by atoms with van der Waals surface area (Å²) < 4.78 is 6.95. The fraction of sp³-hybridized carbons (Fsp3) is 0.381. The van der Waals surface area contributed by atoms with Gasteiger partial charge < -0.3 is 15.0 Å². The Labute approximate surface area is 168 Å². The van der Waals surface area contributed by atoms with Crippen LogP contribution in [0.15, 0.2) is 41.8 Å². The first-order valence-corrected chi connectivity index (χ1v) is 10.4. The molecule has 0 unspecified atom stereocenters. The molecule has 1 fully saturated rings. The molecule has 2 aromatic heterocycles. The number of primary amides is 1. The highest BCUT2D eigenvalue weighted by Gasteiger charge is 2.42. The molecular weight excluding hydrogens is 372 g/mol. The van der Waals surface area contributed by atoms with Crippen LogP contribution in [-0.4, -0.2) is 27.5 Å². The van der Waals surface area contributed by atoms with Gasteiger partial charge in [-0.1, -0.05) is 43.2 Å². The highest BCUT2D eigenvalue weighted by molar-refractivity contribution is 7.10. The lowest BCUT2D eigenvalue weighted by molar-refractivity contribution is 0.158. The molecule has 7 heteroatoms. The number of hydrogen-bond acceptors (Lipinski definition) is 5. The van der Waals surface area contributed by atoms with E-state index in [1.54, 1.807) is 0 Å². The summed E-state index contributed by atoms with van der Waals surface area (Å²) >= 11 is 1.81. The number of carbonyl (C=O) groups excluding carboxylic acids is 1. The molecule has 1 aliphatic carbocycles. The van der Waals surface area contributed by atoms with Gasteiger partial charge in [0.1, 0.15) is 5.82 Å². The van der Waals surface area contributed by atoms with E-state index in [4.69, 9.17) is 10.5 Å². The predicted octanol–water partition coefficient (Wildman–Crippen LogP) is 4.04. The number of hydrogen-bond donors (Lipinski definition) is 1. The van der Waals surface area contributed by atoms with E-state index >= 15 is 0 Å². The summed E-state index contributed by atoms with van der Waals surface area (Å²) in [5.41, 5.74) is 7.09. The Balaban J connectivity index is 1.59. The molecule has 3 aromatic rings. The largest absolute Gasteiger partial charge is 0.449 e. The lowest BCUT2D eigenvalue weighted by atomic mass is 9.83. The van der Waals surface area contributed by atoms with E-state index in [9.17, 15) is 4.79 Å². The Bertz CT molecular complexity index is 941. The molecule has 6 nitrogen and oxygen atoms in total. The van der Waals surface area contributed by atoms with E-state index in [1.807, 2.05) is 35.6 Å². The van der Waals surface area contributed by atoms with Crippen LogP contribution in [0, 0.1) is 0 Å². The summed E-state index contributed by atoms with van der Waals surface area (Å²) in [7, 11) is 2.06. The van der Waals surface area contributed by atoms with Crippen LogP contribution in [0.4, 0.5) is 4.79 Å². The average molecular weight is 397 g/mol. The molecule has 0 radical (unpaired) electrons. The number of nitrogens with two attached hydrogens (primary N) is 1. The molecule has 1 aliphatic rings. The molecule has 0 bridgehead atoms.